The summed E-state index contributed by atoms with van der Waals surface area (Å²) in [6.07, 6.45) is -1.14. The quantitative estimate of drug-likeness (QED) is 0.877. The molecule has 2 rings (SSSR count). The van der Waals surface area contributed by atoms with Gasteiger partial charge in [-0.15, -0.1) is 0 Å². The average Bonchev–Trinajstić information content (AvgIpc) is 2.82. The highest BCUT2D eigenvalue weighted by molar-refractivity contribution is 5.77. The van der Waals surface area contributed by atoms with Gasteiger partial charge < -0.3 is 14.8 Å². The van der Waals surface area contributed by atoms with E-state index in [1.807, 2.05) is 0 Å². The van der Waals surface area contributed by atoms with E-state index in [0.717, 1.165) is 5.39 Å². The number of aliphatic hydroxyl groups is 1. The Morgan fingerprint density at radius 1 is 1.37 bits per heavy atom. The zero-order valence-electron chi connectivity index (χ0n) is 10.9. The second-order valence-corrected chi connectivity index (χ2v) is 4.69. The molecule has 2 N–H and O–H groups in total. The number of furan rings is 1. The van der Waals surface area contributed by atoms with E-state index in [9.17, 15) is 13.9 Å². The lowest BCUT2D eigenvalue weighted by molar-refractivity contribution is -0.0506. The first-order chi connectivity index (χ1) is 8.96. The lowest BCUT2D eigenvalue weighted by atomic mass is 9.88. The van der Waals surface area contributed by atoms with Crippen LogP contribution in [0, 0.1) is 0 Å². The van der Waals surface area contributed by atoms with E-state index in [1.165, 1.54) is 13.2 Å². The van der Waals surface area contributed by atoms with Crippen LogP contribution in [-0.2, 0) is 5.60 Å². The van der Waals surface area contributed by atoms with Crippen molar-refractivity contribution >= 4 is 11.0 Å². The van der Waals surface area contributed by atoms with Crippen LogP contribution in [0.5, 0.6) is 0 Å². The van der Waals surface area contributed by atoms with Crippen LogP contribution < -0.4 is 5.32 Å². The third-order valence-corrected chi connectivity index (χ3v) is 3.32. The number of likely N-dealkylation sites (N-methyl/N-ethyl adjacent to an activating group) is 1. The molecule has 5 heteroatoms. The van der Waals surface area contributed by atoms with Crippen LogP contribution in [0.4, 0.5) is 8.78 Å². The number of benzene rings is 1. The monoisotopic (exact) mass is 269 g/mol. The van der Waals surface area contributed by atoms with Gasteiger partial charge in [-0.2, -0.15) is 0 Å². The van der Waals surface area contributed by atoms with Crippen molar-refractivity contribution in [1.82, 2.24) is 5.32 Å². The Morgan fingerprint density at radius 2 is 2.11 bits per heavy atom. The van der Waals surface area contributed by atoms with Crippen molar-refractivity contribution in [3.63, 3.8) is 0 Å². The fourth-order valence-corrected chi connectivity index (χ4v) is 2.20. The largest absolute Gasteiger partial charge is 0.464 e. The molecule has 0 amide bonds. The van der Waals surface area contributed by atoms with Gasteiger partial charge in [0, 0.05) is 5.39 Å². The lowest BCUT2D eigenvalue weighted by Gasteiger charge is -2.33. The van der Waals surface area contributed by atoms with Crippen molar-refractivity contribution in [1.29, 1.82) is 0 Å². The van der Waals surface area contributed by atoms with Crippen LogP contribution in [0.25, 0.3) is 11.0 Å². The van der Waals surface area contributed by atoms with E-state index < -0.39 is 18.1 Å². The fraction of sp³-hybridized carbons (Fsp3) is 0.429. The van der Waals surface area contributed by atoms with Crippen molar-refractivity contribution in [2.75, 3.05) is 6.54 Å². The summed E-state index contributed by atoms with van der Waals surface area (Å²) in [7, 11) is 0. The predicted octanol–water partition coefficient (Wildman–Crippen LogP) is 2.88. The minimum Gasteiger partial charge on any atom is -0.464 e. The molecule has 0 bridgehead atoms. The molecule has 0 aliphatic heterocycles. The summed E-state index contributed by atoms with van der Waals surface area (Å²) < 4.78 is 31.4. The highest BCUT2D eigenvalue weighted by Crippen LogP contribution is 2.30. The number of hydrogen-bond donors (Lipinski definition) is 2. The Hall–Kier alpha value is -1.46. The predicted molar refractivity (Wildman–Crippen MR) is 69.3 cm³/mol. The number of halogens is 2. The van der Waals surface area contributed by atoms with E-state index in [0.29, 0.717) is 17.7 Å². The van der Waals surface area contributed by atoms with Crippen LogP contribution in [0.3, 0.4) is 0 Å². The maximum Gasteiger partial charge on any atom is 0.256 e. The molecule has 0 saturated carbocycles. The highest BCUT2D eigenvalue weighted by atomic mass is 19.3. The Labute approximate surface area is 110 Å². The molecule has 2 atom stereocenters. The molecule has 0 aliphatic carbocycles. The minimum atomic E-state index is -2.66. The van der Waals surface area contributed by atoms with E-state index in [4.69, 9.17) is 4.42 Å². The van der Waals surface area contributed by atoms with E-state index >= 15 is 0 Å². The van der Waals surface area contributed by atoms with Crippen molar-refractivity contribution in [3.05, 3.63) is 36.1 Å². The number of rotatable bonds is 5. The lowest BCUT2D eigenvalue weighted by Crippen LogP contribution is -2.51. The van der Waals surface area contributed by atoms with Gasteiger partial charge in [0.2, 0.25) is 0 Å². The number of alkyl halides is 2. The summed E-state index contributed by atoms with van der Waals surface area (Å²) in [5.74, 6) is 0. The standard InChI is InChI=1S/C14H17F2NO2/c1-3-17-12(13(15)16)14(2,18)10-5-4-9-6-7-19-11(9)8-10/h4-8,12-13,17-18H,3H2,1-2H3. The number of hydrogen-bond acceptors (Lipinski definition) is 3. The van der Waals surface area contributed by atoms with Crippen molar-refractivity contribution in [3.8, 4) is 0 Å². The minimum absolute atomic E-state index is 0.355. The maximum absolute atomic E-state index is 13.1. The zero-order valence-corrected chi connectivity index (χ0v) is 10.9. The molecule has 0 spiro atoms. The molecule has 1 aromatic heterocycles. The van der Waals surface area contributed by atoms with Crippen molar-refractivity contribution in [2.45, 2.75) is 31.9 Å². The normalized spacial score (nSPS) is 16.7. The van der Waals surface area contributed by atoms with E-state index in [-0.39, 0.29) is 0 Å². The molecule has 0 radical (unpaired) electrons. The third-order valence-electron chi connectivity index (χ3n) is 3.32. The molecule has 0 fully saturated rings. The van der Waals surface area contributed by atoms with Gasteiger partial charge in [0.15, 0.2) is 0 Å². The Balaban J connectivity index is 2.40. The molecular weight excluding hydrogens is 252 g/mol. The van der Waals surface area contributed by atoms with Gasteiger partial charge in [-0.25, -0.2) is 8.78 Å². The van der Waals surface area contributed by atoms with Gasteiger partial charge in [0.05, 0.1) is 6.26 Å². The van der Waals surface area contributed by atoms with Gasteiger partial charge in [-0.05, 0) is 31.2 Å². The summed E-state index contributed by atoms with van der Waals surface area (Å²) in [6, 6.07) is 5.44. The molecular formula is C14H17F2NO2. The molecule has 2 aromatic rings. The Bertz CT molecular complexity index is 551. The summed E-state index contributed by atoms with van der Waals surface area (Å²) in [6.45, 7) is 3.46. The molecule has 104 valence electrons. The summed E-state index contributed by atoms with van der Waals surface area (Å²) in [4.78, 5) is 0. The first kappa shape index (κ1) is 14.0. The second kappa shape index (κ2) is 5.27. The molecule has 2 unspecified atom stereocenters. The Morgan fingerprint density at radius 3 is 2.74 bits per heavy atom. The van der Waals surface area contributed by atoms with Crippen LogP contribution in [0.2, 0.25) is 0 Å². The number of fused-ring (bicyclic) bond motifs is 1. The summed E-state index contributed by atoms with van der Waals surface area (Å²) in [5, 5.41) is 14.0. The molecule has 1 aromatic carbocycles. The highest BCUT2D eigenvalue weighted by Gasteiger charge is 2.39. The van der Waals surface area contributed by atoms with Gasteiger partial charge >= 0.3 is 0 Å². The summed E-state index contributed by atoms with van der Waals surface area (Å²) >= 11 is 0. The van der Waals surface area contributed by atoms with Gasteiger partial charge in [0.25, 0.3) is 6.43 Å². The number of nitrogens with one attached hydrogen (secondary N) is 1. The van der Waals surface area contributed by atoms with Gasteiger partial charge in [-0.3, -0.25) is 0 Å². The smallest absolute Gasteiger partial charge is 0.256 e. The average molecular weight is 269 g/mol. The fourth-order valence-electron chi connectivity index (χ4n) is 2.20. The molecule has 3 nitrogen and oxygen atoms in total. The SMILES string of the molecule is CCNC(C(F)F)C(C)(O)c1ccc2ccoc2c1. The van der Waals surface area contributed by atoms with Crippen LogP contribution in [0.1, 0.15) is 19.4 Å². The molecule has 1 heterocycles. The van der Waals surface area contributed by atoms with Crippen LogP contribution in [-0.4, -0.2) is 24.1 Å². The zero-order chi connectivity index (χ0) is 14.0. The molecule has 0 saturated heterocycles. The van der Waals surface area contributed by atoms with Crippen LogP contribution >= 0.6 is 0 Å². The third kappa shape index (κ3) is 2.62. The first-order valence-electron chi connectivity index (χ1n) is 6.18. The topological polar surface area (TPSA) is 45.4 Å². The maximum atomic E-state index is 13.1. The van der Waals surface area contributed by atoms with Crippen molar-refractivity contribution in [2.24, 2.45) is 0 Å². The second-order valence-electron chi connectivity index (χ2n) is 4.69. The van der Waals surface area contributed by atoms with Crippen molar-refractivity contribution < 1.29 is 18.3 Å². The van der Waals surface area contributed by atoms with E-state index in [2.05, 4.69) is 5.32 Å². The van der Waals surface area contributed by atoms with Crippen LogP contribution in [0.15, 0.2) is 34.9 Å². The first-order valence-corrected chi connectivity index (χ1v) is 6.18. The van der Waals surface area contributed by atoms with Gasteiger partial charge in [-0.1, -0.05) is 19.1 Å². The molecule has 19 heavy (non-hydrogen) atoms. The van der Waals surface area contributed by atoms with Gasteiger partial charge in [0.1, 0.15) is 17.2 Å². The van der Waals surface area contributed by atoms with E-state index in [1.54, 1.807) is 31.2 Å². The Kier molecular flexibility index (Phi) is 3.87. The summed E-state index contributed by atoms with van der Waals surface area (Å²) in [5.41, 5.74) is -0.700. The molecule has 0 aliphatic rings.